The van der Waals surface area contributed by atoms with Crippen LogP contribution >= 0.6 is 0 Å². The highest BCUT2D eigenvalue weighted by Crippen LogP contribution is 2.31. The number of nitro benzene ring substituents is 1. The third kappa shape index (κ3) is 4.06. The molecule has 2 aromatic carbocycles. The summed E-state index contributed by atoms with van der Waals surface area (Å²) in [6.07, 6.45) is 1.32. The fourth-order valence-electron chi connectivity index (χ4n) is 3.03. The zero-order chi connectivity index (χ0) is 17.6. The predicted octanol–water partition coefficient (Wildman–Crippen LogP) is 2.95. The van der Waals surface area contributed by atoms with Gasteiger partial charge in [0.15, 0.2) is 0 Å². The number of anilines is 2. The van der Waals surface area contributed by atoms with Gasteiger partial charge in [-0.15, -0.1) is 0 Å². The largest absolute Gasteiger partial charge is 0.366 e. The summed E-state index contributed by atoms with van der Waals surface area (Å²) in [5.74, 6) is -0.152. The Morgan fingerprint density at radius 2 is 1.68 bits per heavy atom. The number of benzene rings is 2. The number of nitro groups is 1. The second-order valence-corrected chi connectivity index (χ2v) is 5.99. The Labute approximate surface area is 145 Å². The fourth-order valence-corrected chi connectivity index (χ4v) is 3.03. The van der Waals surface area contributed by atoms with Crippen LogP contribution in [0.4, 0.5) is 17.1 Å². The molecule has 0 atom stereocenters. The number of hydrogen-bond acceptors (Lipinski definition) is 5. The summed E-state index contributed by atoms with van der Waals surface area (Å²) in [6.45, 7) is 1.24. The summed E-state index contributed by atoms with van der Waals surface area (Å²) < 4.78 is 0. The van der Waals surface area contributed by atoms with Crippen LogP contribution in [-0.4, -0.2) is 23.9 Å². The summed E-state index contributed by atoms with van der Waals surface area (Å²) in [4.78, 5) is 25.1. The van der Waals surface area contributed by atoms with Crippen LogP contribution in [0.25, 0.3) is 0 Å². The van der Waals surface area contributed by atoms with Gasteiger partial charge in [-0.25, -0.2) is 0 Å². The normalized spacial score (nSPS) is 14.8. The minimum atomic E-state index is -0.363. The SMILES string of the molecule is O=C(NNc1ccccc1)C1CCN(c2ccccc2[N+](=O)[O-])CC1. The Kier molecular flexibility index (Phi) is 5.13. The van der Waals surface area contributed by atoms with Gasteiger partial charge < -0.3 is 4.90 Å². The van der Waals surface area contributed by atoms with E-state index in [1.807, 2.05) is 35.2 Å². The standard InChI is InChI=1S/C18H20N4O3/c23-18(20-19-15-6-2-1-3-7-15)14-10-12-21(13-11-14)16-8-4-5-9-17(16)22(24)25/h1-9,14,19H,10-13H2,(H,20,23). The smallest absolute Gasteiger partial charge is 0.292 e. The van der Waals surface area contributed by atoms with E-state index in [0.29, 0.717) is 31.6 Å². The van der Waals surface area contributed by atoms with E-state index in [-0.39, 0.29) is 22.4 Å². The van der Waals surface area contributed by atoms with E-state index in [9.17, 15) is 14.9 Å². The van der Waals surface area contributed by atoms with Crippen molar-refractivity contribution in [3.63, 3.8) is 0 Å². The van der Waals surface area contributed by atoms with Gasteiger partial charge in [0.1, 0.15) is 5.69 Å². The number of carbonyl (C=O) groups excluding carboxylic acids is 1. The topological polar surface area (TPSA) is 87.5 Å². The molecule has 0 spiro atoms. The van der Waals surface area contributed by atoms with Crippen molar-refractivity contribution in [2.75, 3.05) is 23.4 Å². The molecule has 0 bridgehead atoms. The van der Waals surface area contributed by atoms with Crippen LogP contribution in [-0.2, 0) is 4.79 Å². The zero-order valence-corrected chi connectivity index (χ0v) is 13.7. The highest BCUT2D eigenvalue weighted by molar-refractivity contribution is 5.80. The number of rotatable bonds is 5. The first-order valence-electron chi connectivity index (χ1n) is 8.24. The maximum absolute atomic E-state index is 12.3. The van der Waals surface area contributed by atoms with Crippen molar-refractivity contribution in [2.24, 2.45) is 5.92 Å². The molecular weight excluding hydrogens is 320 g/mol. The highest BCUT2D eigenvalue weighted by Gasteiger charge is 2.28. The van der Waals surface area contributed by atoms with Crippen molar-refractivity contribution >= 4 is 23.0 Å². The van der Waals surface area contributed by atoms with Crippen LogP contribution < -0.4 is 15.8 Å². The van der Waals surface area contributed by atoms with Crippen molar-refractivity contribution in [1.29, 1.82) is 0 Å². The molecule has 2 N–H and O–H groups in total. The van der Waals surface area contributed by atoms with E-state index in [2.05, 4.69) is 10.9 Å². The van der Waals surface area contributed by atoms with Gasteiger partial charge in [0.2, 0.25) is 5.91 Å². The van der Waals surface area contributed by atoms with E-state index >= 15 is 0 Å². The van der Waals surface area contributed by atoms with Crippen LogP contribution in [0.3, 0.4) is 0 Å². The number of amides is 1. The monoisotopic (exact) mass is 340 g/mol. The van der Waals surface area contributed by atoms with Gasteiger partial charge in [-0.05, 0) is 31.0 Å². The number of nitrogens with one attached hydrogen (secondary N) is 2. The Hall–Kier alpha value is -3.09. The van der Waals surface area contributed by atoms with E-state index in [0.717, 1.165) is 5.69 Å². The van der Waals surface area contributed by atoms with Gasteiger partial charge in [-0.3, -0.25) is 25.8 Å². The molecule has 25 heavy (non-hydrogen) atoms. The molecule has 1 aliphatic rings. The van der Waals surface area contributed by atoms with Crippen LogP contribution in [0.1, 0.15) is 12.8 Å². The molecule has 1 aliphatic heterocycles. The van der Waals surface area contributed by atoms with Gasteiger partial charge in [-0.1, -0.05) is 30.3 Å². The molecule has 1 saturated heterocycles. The van der Waals surface area contributed by atoms with Crippen LogP contribution in [0.5, 0.6) is 0 Å². The van der Waals surface area contributed by atoms with Crippen molar-refractivity contribution in [2.45, 2.75) is 12.8 Å². The molecular formula is C18H20N4O3. The number of nitrogens with zero attached hydrogens (tertiary/aromatic N) is 2. The molecule has 7 nitrogen and oxygen atoms in total. The van der Waals surface area contributed by atoms with Gasteiger partial charge >= 0.3 is 0 Å². The first-order chi connectivity index (χ1) is 12.1. The number of carbonyl (C=O) groups is 1. The van der Waals surface area contributed by atoms with Gasteiger partial charge in [-0.2, -0.15) is 0 Å². The Morgan fingerprint density at radius 3 is 2.36 bits per heavy atom. The molecule has 0 aromatic heterocycles. The van der Waals surface area contributed by atoms with Crippen LogP contribution in [0.2, 0.25) is 0 Å². The van der Waals surface area contributed by atoms with E-state index in [4.69, 9.17) is 0 Å². The average Bonchev–Trinajstić information content (AvgIpc) is 2.67. The maximum Gasteiger partial charge on any atom is 0.292 e. The van der Waals surface area contributed by atoms with Gasteiger partial charge in [0, 0.05) is 25.1 Å². The minimum absolute atomic E-state index is 0.0499. The minimum Gasteiger partial charge on any atom is -0.366 e. The maximum atomic E-state index is 12.3. The number of piperidine rings is 1. The molecule has 0 aliphatic carbocycles. The third-order valence-corrected chi connectivity index (χ3v) is 4.39. The van der Waals surface area contributed by atoms with Gasteiger partial charge in [0.05, 0.1) is 10.6 Å². The molecule has 1 amide bonds. The molecule has 130 valence electrons. The van der Waals surface area contributed by atoms with Crippen LogP contribution in [0.15, 0.2) is 54.6 Å². The first kappa shape index (κ1) is 16.8. The molecule has 1 fully saturated rings. The van der Waals surface area contributed by atoms with Crippen molar-refractivity contribution in [3.8, 4) is 0 Å². The molecule has 0 radical (unpaired) electrons. The second-order valence-electron chi connectivity index (χ2n) is 5.99. The van der Waals surface area contributed by atoms with E-state index in [1.54, 1.807) is 18.2 Å². The van der Waals surface area contributed by atoms with Crippen LogP contribution in [0, 0.1) is 16.0 Å². The Bertz CT molecular complexity index is 743. The number of para-hydroxylation sites is 3. The third-order valence-electron chi connectivity index (χ3n) is 4.39. The number of hydrogen-bond donors (Lipinski definition) is 2. The lowest BCUT2D eigenvalue weighted by Crippen LogP contribution is -2.42. The zero-order valence-electron chi connectivity index (χ0n) is 13.7. The summed E-state index contributed by atoms with van der Waals surface area (Å²) in [5.41, 5.74) is 7.20. The summed E-state index contributed by atoms with van der Waals surface area (Å²) in [6, 6.07) is 16.2. The van der Waals surface area contributed by atoms with Crippen molar-refractivity contribution in [3.05, 3.63) is 64.7 Å². The Balaban J connectivity index is 1.55. The van der Waals surface area contributed by atoms with Crippen molar-refractivity contribution in [1.82, 2.24) is 5.43 Å². The molecule has 2 aromatic rings. The van der Waals surface area contributed by atoms with Crippen molar-refractivity contribution < 1.29 is 9.72 Å². The lowest BCUT2D eigenvalue weighted by atomic mass is 9.95. The second kappa shape index (κ2) is 7.65. The first-order valence-corrected chi connectivity index (χ1v) is 8.24. The van der Waals surface area contributed by atoms with E-state index < -0.39 is 0 Å². The lowest BCUT2D eigenvalue weighted by Gasteiger charge is -2.32. The molecule has 0 saturated carbocycles. The summed E-state index contributed by atoms with van der Waals surface area (Å²) in [5, 5.41) is 11.2. The highest BCUT2D eigenvalue weighted by atomic mass is 16.6. The molecule has 0 unspecified atom stereocenters. The fraction of sp³-hybridized carbons (Fsp3) is 0.278. The molecule has 7 heteroatoms. The summed E-state index contributed by atoms with van der Waals surface area (Å²) in [7, 11) is 0. The lowest BCUT2D eigenvalue weighted by molar-refractivity contribution is -0.384. The summed E-state index contributed by atoms with van der Waals surface area (Å²) >= 11 is 0. The molecule has 3 rings (SSSR count). The number of hydrazine groups is 1. The Morgan fingerprint density at radius 1 is 1.04 bits per heavy atom. The predicted molar refractivity (Wildman–Crippen MR) is 96.2 cm³/mol. The average molecular weight is 340 g/mol. The molecule has 1 heterocycles. The quantitative estimate of drug-likeness (QED) is 0.645. The van der Waals surface area contributed by atoms with E-state index in [1.165, 1.54) is 6.07 Å². The van der Waals surface area contributed by atoms with Gasteiger partial charge in [0.25, 0.3) is 5.69 Å².